The topological polar surface area (TPSA) is 85.1 Å². The van der Waals surface area contributed by atoms with Crippen LogP contribution in [0.1, 0.15) is 32.1 Å². The molecule has 2 heterocycles. The van der Waals surface area contributed by atoms with Crippen molar-refractivity contribution >= 4 is 50.7 Å². The molecule has 0 saturated heterocycles. The Bertz CT molecular complexity index is 1310. The number of carbonyl (C=O) groups excluding carboxylic acids is 2. The van der Waals surface area contributed by atoms with Gasteiger partial charge in [0, 0.05) is 5.39 Å². The average Bonchev–Trinajstić information content (AvgIpc) is 3.12. The number of primary amides is 1. The number of pyridine rings is 1. The van der Waals surface area contributed by atoms with E-state index in [2.05, 4.69) is 10.3 Å². The average molecular weight is 458 g/mol. The molecule has 0 aliphatic rings. The number of nitrogens with two attached hydrogens (primary N) is 1. The number of aromatic nitrogens is 1. The molecule has 0 atom stereocenters. The number of hydrogen-bond acceptors (Lipinski definition) is 4. The molecule has 3 N–H and O–H groups in total. The van der Waals surface area contributed by atoms with Crippen LogP contribution in [0.4, 0.5) is 14.5 Å². The van der Waals surface area contributed by atoms with E-state index in [9.17, 15) is 18.4 Å². The van der Waals surface area contributed by atoms with Crippen LogP contribution in [0.15, 0.2) is 60.7 Å². The molecule has 4 rings (SSSR count). The number of thiophene rings is 1. The fourth-order valence-corrected chi connectivity index (χ4v) is 4.43. The number of amides is 2. The Labute approximate surface area is 184 Å². The van der Waals surface area contributed by atoms with Gasteiger partial charge in [-0.3, -0.25) is 9.59 Å². The fourth-order valence-electron chi connectivity index (χ4n) is 3.19. The number of halogens is 3. The Balaban J connectivity index is 1.97. The molecule has 31 heavy (non-hydrogen) atoms. The molecule has 0 bridgehead atoms. The highest BCUT2D eigenvalue weighted by molar-refractivity contribution is 7.21. The summed E-state index contributed by atoms with van der Waals surface area (Å²) in [5, 5.41) is 3.27. The Morgan fingerprint density at radius 2 is 1.74 bits per heavy atom. The summed E-state index contributed by atoms with van der Waals surface area (Å²) in [6.45, 7) is 0. The molecule has 2 amide bonds. The third kappa shape index (κ3) is 3.99. The number of alkyl halides is 2. The number of benzene rings is 2. The number of anilines is 1. The van der Waals surface area contributed by atoms with Crippen LogP contribution in [0.3, 0.4) is 0 Å². The van der Waals surface area contributed by atoms with Gasteiger partial charge < -0.3 is 11.1 Å². The summed E-state index contributed by atoms with van der Waals surface area (Å²) < 4.78 is 27.0. The summed E-state index contributed by atoms with van der Waals surface area (Å²) in [6.07, 6.45) is -2.81. The number of carbonyl (C=O) groups is 2. The second-order valence-electron chi connectivity index (χ2n) is 6.55. The first kappa shape index (κ1) is 20.9. The predicted octanol–water partition coefficient (Wildman–Crippen LogP) is 5.91. The van der Waals surface area contributed by atoms with Gasteiger partial charge in [0.25, 0.3) is 18.2 Å². The molecule has 4 aromatic rings. The van der Waals surface area contributed by atoms with Gasteiger partial charge in [0.05, 0.1) is 16.3 Å². The van der Waals surface area contributed by atoms with Crippen molar-refractivity contribution in [3.63, 3.8) is 0 Å². The molecule has 0 spiro atoms. The minimum atomic E-state index is -2.81. The Morgan fingerprint density at radius 1 is 1.06 bits per heavy atom. The maximum atomic E-state index is 13.5. The van der Waals surface area contributed by atoms with E-state index in [1.807, 2.05) is 0 Å². The van der Waals surface area contributed by atoms with Crippen LogP contribution in [0, 0.1) is 0 Å². The van der Waals surface area contributed by atoms with Gasteiger partial charge in [0.15, 0.2) is 0 Å². The Hall–Kier alpha value is -3.36. The maximum absolute atomic E-state index is 13.5. The zero-order valence-corrected chi connectivity index (χ0v) is 17.3. The van der Waals surface area contributed by atoms with E-state index in [1.54, 1.807) is 48.5 Å². The number of rotatable bonds is 5. The van der Waals surface area contributed by atoms with E-state index in [-0.39, 0.29) is 26.0 Å². The monoisotopic (exact) mass is 457 g/mol. The second-order valence-corrected chi connectivity index (χ2v) is 7.95. The van der Waals surface area contributed by atoms with Gasteiger partial charge >= 0.3 is 0 Å². The number of fused-ring (bicyclic) bond motifs is 1. The summed E-state index contributed by atoms with van der Waals surface area (Å²) in [4.78, 5) is 29.2. The minimum Gasteiger partial charge on any atom is -0.365 e. The fraction of sp³-hybridized carbons (Fsp3) is 0.0455. The molecule has 0 aliphatic carbocycles. The van der Waals surface area contributed by atoms with E-state index in [1.165, 1.54) is 12.1 Å². The van der Waals surface area contributed by atoms with E-state index in [0.717, 1.165) is 11.3 Å². The standard InChI is InChI=1S/C22H14ClF2N3O2S/c23-14-9-5-4-8-12(14)21(30)28-17-16-13(11-6-2-1-3-7-11)10-15(19(24)25)27-22(16)31-18(17)20(26)29/h1-10,19H,(H2,26,29)(H,28,30). The van der Waals surface area contributed by atoms with Gasteiger partial charge in [0.2, 0.25) is 0 Å². The lowest BCUT2D eigenvalue weighted by molar-refractivity contribution is 0.100. The Morgan fingerprint density at radius 3 is 2.39 bits per heavy atom. The van der Waals surface area contributed by atoms with Crippen molar-refractivity contribution in [3.05, 3.63) is 81.8 Å². The van der Waals surface area contributed by atoms with E-state index >= 15 is 0 Å². The van der Waals surface area contributed by atoms with Crippen molar-refractivity contribution < 1.29 is 18.4 Å². The van der Waals surface area contributed by atoms with Crippen molar-refractivity contribution in [2.75, 3.05) is 5.32 Å². The molecule has 0 fully saturated rings. The lowest BCUT2D eigenvalue weighted by Crippen LogP contribution is -2.17. The smallest absolute Gasteiger partial charge is 0.280 e. The van der Waals surface area contributed by atoms with Crippen LogP contribution in [0.25, 0.3) is 21.3 Å². The van der Waals surface area contributed by atoms with Crippen molar-refractivity contribution in [2.45, 2.75) is 6.43 Å². The molecule has 0 unspecified atom stereocenters. The van der Waals surface area contributed by atoms with Crippen molar-refractivity contribution in [3.8, 4) is 11.1 Å². The van der Waals surface area contributed by atoms with Gasteiger partial charge in [-0.15, -0.1) is 11.3 Å². The molecule has 0 aliphatic heterocycles. The van der Waals surface area contributed by atoms with Gasteiger partial charge in [-0.2, -0.15) is 0 Å². The van der Waals surface area contributed by atoms with Crippen LogP contribution in [0.5, 0.6) is 0 Å². The maximum Gasteiger partial charge on any atom is 0.280 e. The van der Waals surface area contributed by atoms with Gasteiger partial charge in [0.1, 0.15) is 15.4 Å². The first-order valence-electron chi connectivity index (χ1n) is 9.03. The molecule has 2 aromatic carbocycles. The summed E-state index contributed by atoms with van der Waals surface area (Å²) >= 11 is 6.96. The highest BCUT2D eigenvalue weighted by Crippen LogP contribution is 2.42. The van der Waals surface area contributed by atoms with Gasteiger partial charge in [-0.25, -0.2) is 13.8 Å². The van der Waals surface area contributed by atoms with Crippen LogP contribution >= 0.6 is 22.9 Å². The lowest BCUT2D eigenvalue weighted by Gasteiger charge is -2.11. The van der Waals surface area contributed by atoms with Crippen LogP contribution < -0.4 is 11.1 Å². The summed E-state index contributed by atoms with van der Waals surface area (Å²) in [5.74, 6) is -1.38. The van der Waals surface area contributed by atoms with Crippen LogP contribution in [0.2, 0.25) is 5.02 Å². The summed E-state index contributed by atoms with van der Waals surface area (Å²) in [7, 11) is 0. The normalized spacial score (nSPS) is 11.1. The molecule has 156 valence electrons. The van der Waals surface area contributed by atoms with Crippen LogP contribution in [-0.2, 0) is 0 Å². The highest BCUT2D eigenvalue weighted by Gasteiger charge is 2.25. The summed E-state index contributed by atoms with van der Waals surface area (Å²) in [6, 6.07) is 16.5. The zero-order valence-electron chi connectivity index (χ0n) is 15.7. The quantitative estimate of drug-likeness (QED) is 0.391. The second kappa shape index (κ2) is 8.41. The van der Waals surface area contributed by atoms with Gasteiger partial charge in [-0.1, -0.05) is 54.1 Å². The van der Waals surface area contributed by atoms with Crippen molar-refractivity contribution in [1.82, 2.24) is 4.98 Å². The van der Waals surface area contributed by atoms with E-state index < -0.39 is 23.9 Å². The van der Waals surface area contributed by atoms with Gasteiger partial charge in [-0.05, 0) is 29.3 Å². The first-order valence-corrected chi connectivity index (χ1v) is 10.2. The molecule has 2 aromatic heterocycles. The van der Waals surface area contributed by atoms with Crippen molar-refractivity contribution in [2.24, 2.45) is 5.73 Å². The molecule has 0 saturated carbocycles. The number of nitrogens with one attached hydrogen (secondary N) is 1. The zero-order chi connectivity index (χ0) is 22.1. The van der Waals surface area contributed by atoms with Crippen molar-refractivity contribution in [1.29, 1.82) is 0 Å². The molecular formula is C22H14ClF2N3O2S. The van der Waals surface area contributed by atoms with Crippen LogP contribution in [-0.4, -0.2) is 16.8 Å². The predicted molar refractivity (Wildman–Crippen MR) is 118 cm³/mol. The largest absolute Gasteiger partial charge is 0.365 e. The lowest BCUT2D eigenvalue weighted by atomic mass is 10.0. The highest BCUT2D eigenvalue weighted by atomic mass is 35.5. The summed E-state index contributed by atoms with van der Waals surface area (Å²) in [5.41, 5.74) is 6.42. The SMILES string of the molecule is NC(=O)c1sc2nc(C(F)F)cc(-c3ccccc3)c2c1NC(=O)c1ccccc1Cl. The van der Waals surface area contributed by atoms with E-state index in [4.69, 9.17) is 17.3 Å². The molecule has 9 heteroatoms. The molecule has 0 radical (unpaired) electrons. The third-order valence-electron chi connectivity index (χ3n) is 4.57. The number of hydrogen-bond donors (Lipinski definition) is 2. The Kier molecular flexibility index (Phi) is 5.67. The molecular weight excluding hydrogens is 444 g/mol. The third-order valence-corrected chi connectivity index (χ3v) is 6.00. The number of nitrogens with zero attached hydrogens (tertiary/aromatic N) is 1. The minimum absolute atomic E-state index is 0.00602. The van der Waals surface area contributed by atoms with E-state index in [0.29, 0.717) is 16.5 Å². The molecule has 5 nitrogen and oxygen atoms in total. The first-order chi connectivity index (χ1) is 14.9.